The quantitative estimate of drug-likeness (QED) is 0.604. The van der Waals surface area contributed by atoms with Gasteiger partial charge in [-0.1, -0.05) is 0 Å². The zero-order chi connectivity index (χ0) is 9.54. The van der Waals surface area contributed by atoms with Gasteiger partial charge in [-0.2, -0.15) is 0 Å². The molecule has 0 unspecified atom stereocenters. The molecule has 4 nitrogen and oxygen atoms in total. The van der Waals surface area contributed by atoms with Gasteiger partial charge in [-0.05, 0) is 12.1 Å². The number of nitrogens with zero attached hydrogens (tertiary/aromatic N) is 3. The van der Waals surface area contributed by atoms with E-state index in [1.807, 2.05) is 12.1 Å². The summed E-state index contributed by atoms with van der Waals surface area (Å²) in [5.41, 5.74) is 7.50. The van der Waals surface area contributed by atoms with Crippen molar-refractivity contribution in [1.82, 2.24) is 15.0 Å². The van der Waals surface area contributed by atoms with Gasteiger partial charge >= 0.3 is 0 Å². The van der Waals surface area contributed by atoms with Crippen molar-refractivity contribution in [2.24, 2.45) is 0 Å². The van der Waals surface area contributed by atoms with Gasteiger partial charge in [0.25, 0.3) is 0 Å². The monoisotopic (exact) mass is 202 g/mol. The number of anilines is 1. The average molecular weight is 202 g/mol. The normalized spacial score (nSPS) is 11.1. The van der Waals surface area contributed by atoms with E-state index in [2.05, 4.69) is 15.0 Å². The minimum atomic E-state index is 0.526. The fourth-order valence-corrected chi connectivity index (χ4v) is 2.43. The van der Waals surface area contributed by atoms with Crippen LogP contribution in [0.3, 0.4) is 0 Å². The van der Waals surface area contributed by atoms with E-state index in [1.165, 1.54) is 6.33 Å². The number of rotatable bonds is 0. The SMILES string of the molecule is Nc1ncnc2c1sc1cccnc12. The molecule has 68 valence electrons. The number of hydrogen-bond acceptors (Lipinski definition) is 5. The van der Waals surface area contributed by atoms with Gasteiger partial charge < -0.3 is 5.73 Å². The first-order chi connectivity index (χ1) is 6.86. The first-order valence-corrected chi connectivity index (χ1v) is 4.91. The van der Waals surface area contributed by atoms with Crippen molar-refractivity contribution in [3.8, 4) is 0 Å². The molecule has 0 saturated carbocycles. The smallest absolute Gasteiger partial charge is 0.144 e. The Balaban J connectivity index is 2.63. The molecule has 0 atom stereocenters. The second-order valence-electron chi connectivity index (χ2n) is 2.89. The second kappa shape index (κ2) is 2.62. The zero-order valence-corrected chi connectivity index (χ0v) is 7.95. The second-order valence-corrected chi connectivity index (χ2v) is 3.94. The van der Waals surface area contributed by atoms with E-state index < -0.39 is 0 Å². The summed E-state index contributed by atoms with van der Waals surface area (Å²) in [6.45, 7) is 0. The Bertz CT molecular complexity index is 616. The molecule has 0 aliphatic carbocycles. The Labute approximate surface area is 83.4 Å². The third kappa shape index (κ3) is 0.898. The van der Waals surface area contributed by atoms with Crippen LogP contribution in [0.25, 0.3) is 20.4 Å². The fourth-order valence-electron chi connectivity index (χ4n) is 1.42. The maximum Gasteiger partial charge on any atom is 0.144 e. The Kier molecular flexibility index (Phi) is 1.43. The molecule has 3 heterocycles. The number of aromatic nitrogens is 3. The fraction of sp³-hybridized carbons (Fsp3) is 0. The van der Waals surface area contributed by atoms with Gasteiger partial charge in [0, 0.05) is 6.20 Å². The number of hydrogen-bond donors (Lipinski definition) is 1. The van der Waals surface area contributed by atoms with Gasteiger partial charge in [0.05, 0.1) is 9.40 Å². The van der Waals surface area contributed by atoms with Crippen LogP contribution in [0.1, 0.15) is 0 Å². The highest BCUT2D eigenvalue weighted by Gasteiger charge is 2.08. The molecule has 3 aromatic heterocycles. The van der Waals surface area contributed by atoms with Gasteiger partial charge in [-0.3, -0.25) is 4.98 Å². The number of pyridine rings is 1. The summed E-state index contributed by atoms with van der Waals surface area (Å²) in [7, 11) is 0. The average Bonchev–Trinajstić information content (AvgIpc) is 2.59. The molecule has 3 aromatic rings. The van der Waals surface area contributed by atoms with E-state index in [9.17, 15) is 0 Å². The molecule has 0 bridgehead atoms. The van der Waals surface area contributed by atoms with Crippen LogP contribution >= 0.6 is 11.3 Å². The van der Waals surface area contributed by atoms with Crippen LogP contribution in [0.4, 0.5) is 5.82 Å². The highest BCUT2D eigenvalue weighted by Crippen LogP contribution is 2.32. The van der Waals surface area contributed by atoms with Crippen molar-refractivity contribution in [1.29, 1.82) is 0 Å². The predicted octanol–water partition coefficient (Wildman–Crippen LogP) is 1.82. The molecular formula is C9H6N4S. The Morgan fingerprint density at radius 1 is 1.14 bits per heavy atom. The van der Waals surface area contributed by atoms with Crippen LogP contribution in [0, 0.1) is 0 Å². The van der Waals surface area contributed by atoms with E-state index >= 15 is 0 Å². The highest BCUT2D eigenvalue weighted by atomic mass is 32.1. The summed E-state index contributed by atoms with van der Waals surface area (Å²) in [5, 5.41) is 0. The van der Waals surface area contributed by atoms with E-state index in [4.69, 9.17) is 5.73 Å². The van der Waals surface area contributed by atoms with Crippen LogP contribution in [-0.2, 0) is 0 Å². The minimum Gasteiger partial charge on any atom is -0.382 e. The standard InChI is InChI=1S/C9H6N4S/c10-9-8-7(12-4-13-9)6-5(14-8)2-1-3-11-6/h1-4H,(H2,10,12,13). The highest BCUT2D eigenvalue weighted by molar-refractivity contribution is 7.26. The molecule has 2 N–H and O–H groups in total. The topological polar surface area (TPSA) is 64.7 Å². The lowest BCUT2D eigenvalue weighted by molar-refractivity contribution is 1.24. The Hall–Kier alpha value is -1.75. The first kappa shape index (κ1) is 7.64. The Morgan fingerprint density at radius 2 is 2.07 bits per heavy atom. The molecule has 14 heavy (non-hydrogen) atoms. The van der Waals surface area contributed by atoms with Crippen LogP contribution in [0.5, 0.6) is 0 Å². The number of nitrogens with two attached hydrogens (primary N) is 1. The van der Waals surface area contributed by atoms with Crippen molar-refractivity contribution < 1.29 is 0 Å². The Morgan fingerprint density at radius 3 is 3.00 bits per heavy atom. The molecule has 0 aliphatic rings. The summed E-state index contributed by atoms with van der Waals surface area (Å²) in [4.78, 5) is 12.4. The van der Waals surface area contributed by atoms with Crippen molar-refractivity contribution >= 4 is 37.6 Å². The maximum absolute atomic E-state index is 5.75. The van der Waals surface area contributed by atoms with Gasteiger partial charge in [0.1, 0.15) is 23.2 Å². The third-order valence-electron chi connectivity index (χ3n) is 2.04. The predicted molar refractivity (Wildman–Crippen MR) is 57.1 cm³/mol. The summed E-state index contributed by atoms with van der Waals surface area (Å²) < 4.78 is 2.01. The van der Waals surface area contributed by atoms with Gasteiger partial charge in [-0.25, -0.2) is 9.97 Å². The molecule has 0 aliphatic heterocycles. The molecule has 0 saturated heterocycles. The largest absolute Gasteiger partial charge is 0.382 e. The van der Waals surface area contributed by atoms with Crippen LogP contribution in [-0.4, -0.2) is 15.0 Å². The van der Waals surface area contributed by atoms with Gasteiger partial charge in [0.2, 0.25) is 0 Å². The van der Waals surface area contributed by atoms with E-state index in [1.54, 1.807) is 17.5 Å². The van der Waals surface area contributed by atoms with Crippen LogP contribution < -0.4 is 5.73 Å². The van der Waals surface area contributed by atoms with Crippen molar-refractivity contribution in [3.63, 3.8) is 0 Å². The van der Waals surface area contributed by atoms with Crippen LogP contribution in [0.2, 0.25) is 0 Å². The van der Waals surface area contributed by atoms with Crippen molar-refractivity contribution in [2.45, 2.75) is 0 Å². The number of fused-ring (bicyclic) bond motifs is 3. The van der Waals surface area contributed by atoms with Gasteiger partial charge in [0.15, 0.2) is 0 Å². The lowest BCUT2D eigenvalue weighted by Crippen LogP contribution is -1.90. The zero-order valence-electron chi connectivity index (χ0n) is 7.14. The summed E-state index contributed by atoms with van der Waals surface area (Å²) >= 11 is 1.58. The lowest BCUT2D eigenvalue weighted by Gasteiger charge is -1.91. The van der Waals surface area contributed by atoms with E-state index in [0.717, 1.165) is 20.4 Å². The van der Waals surface area contributed by atoms with E-state index in [-0.39, 0.29) is 0 Å². The first-order valence-electron chi connectivity index (χ1n) is 4.10. The lowest BCUT2D eigenvalue weighted by atomic mass is 10.3. The third-order valence-corrected chi connectivity index (χ3v) is 3.19. The van der Waals surface area contributed by atoms with E-state index in [0.29, 0.717) is 5.82 Å². The minimum absolute atomic E-state index is 0.526. The molecular weight excluding hydrogens is 196 g/mol. The van der Waals surface area contributed by atoms with Crippen LogP contribution in [0.15, 0.2) is 24.7 Å². The van der Waals surface area contributed by atoms with Crippen molar-refractivity contribution in [2.75, 3.05) is 5.73 Å². The number of thiophene rings is 1. The summed E-state index contributed by atoms with van der Waals surface area (Å²) in [6, 6.07) is 3.91. The molecule has 0 spiro atoms. The van der Waals surface area contributed by atoms with Crippen molar-refractivity contribution in [3.05, 3.63) is 24.7 Å². The summed E-state index contributed by atoms with van der Waals surface area (Å²) in [5.74, 6) is 0.526. The number of nitrogen functional groups attached to an aromatic ring is 1. The molecule has 0 aromatic carbocycles. The molecule has 0 radical (unpaired) electrons. The van der Waals surface area contributed by atoms with Gasteiger partial charge in [-0.15, -0.1) is 11.3 Å². The molecule has 0 fully saturated rings. The molecule has 0 amide bonds. The molecule has 5 heteroatoms. The maximum atomic E-state index is 5.75. The molecule has 3 rings (SSSR count). The summed E-state index contributed by atoms with van der Waals surface area (Å²) in [6.07, 6.45) is 3.23.